The van der Waals surface area contributed by atoms with Gasteiger partial charge in [-0.3, -0.25) is 9.36 Å². The zero-order valence-electron chi connectivity index (χ0n) is 17.1. The average molecular weight is 481 g/mol. The molecule has 1 aromatic heterocycles. The normalized spacial score (nSPS) is 11.5. The monoisotopic (exact) mass is 480 g/mol. The summed E-state index contributed by atoms with van der Waals surface area (Å²) in [5.41, 5.74) is 1.14. The third kappa shape index (κ3) is 5.40. The Labute approximate surface area is 190 Å². The van der Waals surface area contributed by atoms with Crippen LogP contribution >= 0.6 is 23.4 Å². The van der Waals surface area contributed by atoms with Gasteiger partial charge in [0.05, 0.1) is 23.4 Å². The Balaban J connectivity index is 1.74. The topological polar surface area (TPSA) is 93.5 Å². The Hall–Kier alpha value is -2.53. The maximum Gasteiger partial charge on any atom is 0.242 e. The van der Waals surface area contributed by atoms with Gasteiger partial charge in [0.1, 0.15) is 5.75 Å². The summed E-state index contributed by atoms with van der Waals surface area (Å²) >= 11 is 7.19. The van der Waals surface area contributed by atoms with Crippen LogP contribution in [0.25, 0.3) is 5.69 Å². The van der Waals surface area contributed by atoms with E-state index in [1.807, 2.05) is 16.7 Å². The molecule has 3 rings (SSSR count). The van der Waals surface area contributed by atoms with Gasteiger partial charge in [-0.2, -0.15) is 0 Å². The minimum absolute atomic E-state index is 0.0551. The molecule has 1 N–H and O–H groups in total. The zero-order chi connectivity index (χ0) is 22.6. The molecule has 0 aliphatic carbocycles. The fourth-order valence-electron chi connectivity index (χ4n) is 2.67. The van der Waals surface area contributed by atoms with Gasteiger partial charge in [-0.05, 0) is 42.5 Å². The number of benzene rings is 2. The van der Waals surface area contributed by atoms with Crippen molar-refractivity contribution in [1.29, 1.82) is 0 Å². The molecule has 0 saturated carbocycles. The van der Waals surface area contributed by atoms with Crippen LogP contribution in [-0.4, -0.2) is 55.1 Å². The summed E-state index contributed by atoms with van der Waals surface area (Å²) in [6.45, 7) is 0. The number of carbonyl (C=O) groups is 1. The van der Waals surface area contributed by atoms with Crippen LogP contribution in [0.5, 0.6) is 5.75 Å². The summed E-state index contributed by atoms with van der Waals surface area (Å²) in [6.07, 6.45) is 3.44. The van der Waals surface area contributed by atoms with E-state index in [1.165, 1.54) is 51.2 Å². The second kappa shape index (κ2) is 9.73. The second-order valence-electron chi connectivity index (χ2n) is 6.54. The van der Waals surface area contributed by atoms with E-state index in [4.69, 9.17) is 16.3 Å². The van der Waals surface area contributed by atoms with Gasteiger partial charge < -0.3 is 10.1 Å². The van der Waals surface area contributed by atoms with Crippen molar-refractivity contribution in [3.8, 4) is 11.4 Å². The van der Waals surface area contributed by atoms with E-state index in [-0.39, 0.29) is 22.2 Å². The van der Waals surface area contributed by atoms with Gasteiger partial charge in [0, 0.05) is 37.2 Å². The van der Waals surface area contributed by atoms with Crippen molar-refractivity contribution in [3.05, 3.63) is 59.9 Å². The van der Waals surface area contributed by atoms with Crippen LogP contribution in [0.15, 0.2) is 64.9 Å². The van der Waals surface area contributed by atoms with E-state index in [2.05, 4.69) is 10.3 Å². The van der Waals surface area contributed by atoms with Gasteiger partial charge in [0.15, 0.2) is 5.16 Å². The van der Waals surface area contributed by atoms with Crippen molar-refractivity contribution in [2.24, 2.45) is 0 Å². The number of thioether (sulfide) groups is 1. The van der Waals surface area contributed by atoms with Gasteiger partial charge in [-0.1, -0.05) is 23.4 Å². The molecule has 164 valence electrons. The van der Waals surface area contributed by atoms with E-state index >= 15 is 0 Å². The molecule has 0 bridgehead atoms. The van der Waals surface area contributed by atoms with Crippen molar-refractivity contribution in [1.82, 2.24) is 13.9 Å². The van der Waals surface area contributed by atoms with E-state index in [0.717, 1.165) is 9.99 Å². The highest BCUT2D eigenvalue weighted by molar-refractivity contribution is 7.99. The number of nitrogens with zero attached hydrogens (tertiary/aromatic N) is 3. The number of sulfonamides is 1. The lowest BCUT2D eigenvalue weighted by Gasteiger charge is -2.15. The molecule has 0 atom stereocenters. The molecule has 8 nitrogen and oxygen atoms in total. The lowest BCUT2D eigenvalue weighted by Crippen LogP contribution is -2.22. The summed E-state index contributed by atoms with van der Waals surface area (Å²) in [5, 5.41) is 3.98. The van der Waals surface area contributed by atoms with E-state index in [1.54, 1.807) is 24.5 Å². The predicted octanol–water partition coefficient (Wildman–Crippen LogP) is 3.52. The number of ether oxygens (including phenoxy) is 1. The molecule has 0 unspecified atom stereocenters. The van der Waals surface area contributed by atoms with Crippen molar-refractivity contribution in [2.75, 3.05) is 32.3 Å². The second-order valence-corrected chi connectivity index (χ2v) is 10.1. The fraction of sp³-hybridized carbons (Fsp3) is 0.200. The number of halogens is 1. The highest BCUT2D eigenvalue weighted by Gasteiger charge is 2.20. The Morgan fingerprint density at radius 3 is 2.58 bits per heavy atom. The fourth-order valence-corrected chi connectivity index (χ4v) is 4.49. The van der Waals surface area contributed by atoms with Crippen molar-refractivity contribution in [3.63, 3.8) is 0 Å². The molecule has 3 aromatic rings. The van der Waals surface area contributed by atoms with Gasteiger partial charge in [0.2, 0.25) is 15.9 Å². The first-order valence-corrected chi connectivity index (χ1v) is 11.8. The predicted molar refractivity (Wildman–Crippen MR) is 122 cm³/mol. The highest BCUT2D eigenvalue weighted by atomic mass is 35.5. The number of rotatable bonds is 8. The van der Waals surface area contributed by atoms with Crippen LogP contribution in [0.1, 0.15) is 0 Å². The largest absolute Gasteiger partial charge is 0.495 e. The maximum atomic E-state index is 12.6. The minimum Gasteiger partial charge on any atom is -0.495 e. The van der Waals surface area contributed by atoms with Crippen molar-refractivity contribution in [2.45, 2.75) is 10.1 Å². The van der Waals surface area contributed by atoms with Gasteiger partial charge in [0.25, 0.3) is 0 Å². The molecule has 0 aliphatic rings. The summed E-state index contributed by atoms with van der Waals surface area (Å²) in [5.74, 6) is 0.102. The molecule has 0 radical (unpaired) electrons. The maximum absolute atomic E-state index is 12.6. The number of hydrogen-bond acceptors (Lipinski definition) is 6. The molecule has 0 saturated heterocycles. The number of amides is 1. The Morgan fingerprint density at radius 1 is 1.23 bits per heavy atom. The first kappa shape index (κ1) is 23.1. The molecule has 1 amide bonds. The number of aromatic nitrogens is 2. The standard InChI is InChI=1S/C20H21ClN4O4S2/c1-24(2)31(27,28)16-8-9-18(29-3)17(12-16)23-19(26)13-30-20-22-10-11-25(20)15-6-4-14(21)5-7-15/h4-12H,13H2,1-3H3,(H,23,26). The first-order valence-electron chi connectivity index (χ1n) is 9.05. The van der Waals surface area contributed by atoms with E-state index in [9.17, 15) is 13.2 Å². The lowest BCUT2D eigenvalue weighted by molar-refractivity contribution is -0.113. The molecular weight excluding hydrogens is 460 g/mol. The van der Waals surface area contributed by atoms with Crippen LogP contribution in [0.4, 0.5) is 5.69 Å². The first-order chi connectivity index (χ1) is 14.7. The average Bonchev–Trinajstić information content (AvgIpc) is 3.21. The SMILES string of the molecule is COc1ccc(S(=O)(=O)N(C)C)cc1NC(=O)CSc1nccn1-c1ccc(Cl)cc1. The number of imidazole rings is 1. The Kier molecular flexibility index (Phi) is 7.26. The summed E-state index contributed by atoms with van der Waals surface area (Å²) < 4.78 is 33.0. The molecule has 11 heteroatoms. The van der Waals surface area contributed by atoms with Crippen LogP contribution in [0, 0.1) is 0 Å². The lowest BCUT2D eigenvalue weighted by atomic mass is 10.3. The molecule has 2 aromatic carbocycles. The summed E-state index contributed by atoms with van der Waals surface area (Å²) in [4.78, 5) is 16.9. The van der Waals surface area contributed by atoms with Crippen molar-refractivity contribution < 1.29 is 17.9 Å². The Bertz CT molecular complexity index is 1180. The minimum atomic E-state index is -3.65. The molecule has 1 heterocycles. The van der Waals surface area contributed by atoms with Crippen LogP contribution < -0.4 is 10.1 Å². The smallest absolute Gasteiger partial charge is 0.242 e. The molecule has 0 fully saturated rings. The van der Waals surface area contributed by atoms with Crippen LogP contribution in [-0.2, 0) is 14.8 Å². The zero-order valence-corrected chi connectivity index (χ0v) is 19.5. The van der Waals surface area contributed by atoms with Crippen LogP contribution in [0.3, 0.4) is 0 Å². The van der Waals surface area contributed by atoms with Crippen molar-refractivity contribution >= 4 is 45.0 Å². The molecule has 0 aliphatic heterocycles. The van der Waals surface area contributed by atoms with Crippen LogP contribution in [0.2, 0.25) is 5.02 Å². The number of hydrogen-bond donors (Lipinski definition) is 1. The molecular formula is C20H21ClN4O4S2. The number of nitrogens with one attached hydrogen (secondary N) is 1. The third-order valence-corrected chi connectivity index (χ3v) is 7.30. The number of methoxy groups -OCH3 is 1. The highest BCUT2D eigenvalue weighted by Crippen LogP contribution is 2.29. The third-order valence-electron chi connectivity index (χ3n) is 4.27. The van der Waals surface area contributed by atoms with Gasteiger partial charge in [-0.15, -0.1) is 0 Å². The van der Waals surface area contributed by atoms with Gasteiger partial charge in [-0.25, -0.2) is 17.7 Å². The molecule has 31 heavy (non-hydrogen) atoms. The summed E-state index contributed by atoms with van der Waals surface area (Å²) in [6, 6.07) is 11.6. The number of anilines is 1. The summed E-state index contributed by atoms with van der Waals surface area (Å²) in [7, 11) is 0.682. The quantitative estimate of drug-likeness (QED) is 0.496. The number of carbonyl (C=O) groups excluding carboxylic acids is 1. The van der Waals surface area contributed by atoms with E-state index < -0.39 is 10.0 Å². The van der Waals surface area contributed by atoms with Gasteiger partial charge >= 0.3 is 0 Å². The van der Waals surface area contributed by atoms with E-state index in [0.29, 0.717) is 15.9 Å². The molecule has 0 spiro atoms. The Morgan fingerprint density at radius 2 is 1.94 bits per heavy atom.